The molecule has 0 aliphatic carbocycles. The third-order valence-electron chi connectivity index (χ3n) is 1.75. The second kappa shape index (κ2) is 4.96. The lowest BCUT2D eigenvalue weighted by molar-refractivity contribution is 0.0590. The minimum absolute atomic E-state index is 0.206. The maximum Gasteiger partial charge on any atom is 0.358 e. The number of esters is 1. The number of hydrogen-bond acceptors (Lipinski definition) is 9. The third-order valence-corrected chi connectivity index (χ3v) is 5.20. The molecule has 0 saturated carbocycles. The molecule has 0 fully saturated rings. The number of anilines is 1. The number of sulfonamides is 1. The molecule has 0 aliphatic heterocycles. The highest BCUT2D eigenvalue weighted by Gasteiger charge is 2.27. The van der Waals surface area contributed by atoms with Gasteiger partial charge in [0.2, 0.25) is 0 Å². The van der Waals surface area contributed by atoms with Crippen molar-refractivity contribution in [3.05, 3.63) is 17.4 Å². The van der Waals surface area contributed by atoms with Crippen LogP contribution in [0.5, 0.6) is 0 Å². The average Bonchev–Trinajstić information content (AvgIpc) is 2.97. The number of aromatic nitrogens is 3. The van der Waals surface area contributed by atoms with Gasteiger partial charge in [0.05, 0.1) is 18.8 Å². The number of carbonyl (C=O) groups excluding carboxylic acids is 1. The number of ether oxygens (including phenoxy) is 1. The van der Waals surface area contributed by atoms with Gasteiger partial charge in [0, 0.05) is 11.5 Å². The van der Waals surface area contributed by atoms with Gasteiger partial charge in [0.1, 0.15) is 5.00 Å². The molecule has 2 aromatic heterocycles. The molecular formula is C7H6N4O4S3. The smallest absolute Gasteiger partial charge is 0.358 e. The summed E-state index contributed by atoms with van der Waals surface area (Å²) in [4.78, 5) is 15.0. The monoisotopic (exact) mass is 306 g/mol. The van der Waals surface area contributed by atoms with E-state index in [2.05, 4.69) is 24.0 Å². The van der Waals surface area contributed by atoms with Crippen molar-refractivity contribution in [1.29, 1.82) is 0 Å². The molecule has 0 bridgehead atoms. The van der Waals surface area contributed by atoms with Gasteiger partial charge in [0.15, 0.2) is 9.90 Å². The van der Waals surface area contributed by atoms with Crippen LogP contribution < -0.4 is 4.72 Å². The molecule has 0 atom stereocenters. The molecule has 1 N–H and O–H groups in total. The molecule has 0 saturated heterocycles. The molecule has 2 aromatic rings. The first kappa shape index (κ1) is 12.9. The Balaban J connectivity index is 2.36. The van der Waals surface area contributed by atoms with Gasteiger partial charge < -0.3 is 4.74 Å². The van der Waals surface area contributed by atoms with E-state index in [9.17, 15) is 13.2 Å². The van der Waals surface area contributed by atoms with Crippen LogP contribution in [0.4, 0.5) is 5.00 Å². The van der Waals surface area contributed by atoms with Crippen molar-refractivity contribution < 1.29 is 17.9 Å². The SMILES string of the molecule is COC(=O)c1ncsc1S(=O)(=O)Nc1cnns1. The van der Waals surface area contributed by atoms with Crippen LogP contribution in [0.25, 0.3) is 0 Å². The van der Waals surface area contributed by atoms with E-state index in [0.717, 1.165) is 30.0 Å². The normalized spacial score (nSPS) is 11.2. The lowest BCUT2D eigenvalue weighted by Gasteiger charge is -2.03. The van der Waals surface area contributed by atoms with Crippen molar-refractivity contribution in [2.24, 2.45) is 0 Å². The van der Waals surface area contributed by atoms with Crippen molar-refractivity contribution in [2.45, 2.75) is 4.21 Å². The highest BCUT2D eigenvalue weighted by atomic mass is 32.2. The molecule has 0 aliphatic rings. The van der Waals surface area contributed by atoms with Crippen LogP contribution in [0.2, 0.25) is 0 Å². The maximum absolute atomic E-state index is 12.0. The first-order valence-corrected chi connectivity index (χ1v) is 7.50. The molecule has 8 nitrogen and oxygen atoms in total. The third kappa shape index (κ3) is 2.47. The van der Waals surface area contributed by atoms with E-state index >= 15 is 0 Å². The predicted molar refractivity (Wildman–Crippen MR) is 64.2 cm³/mol. The number of carbonyl (C=O) groups is 1. The van der Waals surface area contributed by atoms with Crippen LogP contribution in [0, 0.1) is 0 Å². The van der Waals surface area contributed by atoms with Gasteiger partial charge in [-0.3, -0.25) is 4.72 Å². The Hall–Kier alpha value is -1.59. The van der Waals surface area contributed by atoms with E-state index in [-0.39, 0.29) is 14.9 Å². The highest BCUT2D eigenvalue weighted by Crippen LogP contribution is 2.24. The van der Waals surface area contributed by atoms with Gasteiger partial charge in [-0.15, -0.1) is 16.4 Å². The van der Waals surface area contributed by atoms with Crippen LogP contribution >= 0.6 is 22.9 Å². The van der Waals surface area contributed by atoms with Gasteiger partial charge in [-0.1, -0.05) is 4.49 Å². The minimum Gasteiger partial charge on any atom is -0.464 e. The number of nitrogens with zero attached hydrogens (tertiary/aromatic N) is 3. The molecule has 18 heavy (non-hydrogen) atoms. The fourth-order valence-corrected chi connectivity index (χ4v) is 3.87. The predicted octanol–water partition coefficient (Wildman–Crippen LogP) is 0.582. The van der Waals surface area contributed by atoms with E-state index in [0.29, 0.717) is 0 Å². The molecular weight excluding hydrogens is 300 g/mol. The zero-order valence-electron chi connectivity index (χ0n) is 8.85. The zero-order valence-corrected chi connectivity index (χ0v) is 11.3. The maximum atomic E-state index is 12.0. The van der Waals surface area contributed by atoms with E-state index in [1.54, 1.807) is 0 Å². The minimum atomic E-state index is -3.89. The summed E-state index contributed by atoms with van der Waals surface area (Å²) < 4.78 is 34.0. The molecule has 0 aromatic carbocycles. The second-order valence-corrected chi connectivity index (χ2v) is 6.39. The van der Waals surface area contributed by atoms with Gasteiger partial charge in [0.25, 0.3) is 10.0 Å². The summed E-state index contributed by atoms with van der Waals surface area (Å²) in [6.07, 6.45) is 1.26. The van der Waals surface area contributed by atoms with E-state index in [4.69, 9.17) is 0 Å². The van der Waals surface area contributed by atoms with Crippen LogP contribution in [0.3, 0.4) is 0 Å². The summed E-state index contributed by atoms with van der Waals surface area (Å²) in [5.74, 6) is -0.806. The Morgan fingerprint density at radius 2 is 2.28 bits per heavy atom. The fraction of sp³-hybridized carbons (Fsp3) is 0.143. The summed E-state index contributed by atoms with van der Waals surface area (Å²) in [5, 5.41) is 3.75. The average molecular weight is 306 g/mol. The fourth-order valence-electron chi connectivity index (χ4n) is 1.05. The Kier molecular flexibility index (Phi) is 3.54. The Morgan fingerprint density at radius 1 is 1.50 bits per heavy atom. The highest BCUT2D eigenvalue weighted by molar-refractivity contribution is 7.94. The molecule has 96 valence electrons. The Bertz CT molecular complexity index is 648. The van der Waals surface area contributed by atoms with Crippen molar-refractivity contribution in [3.63, 3.8) is 0 Å². The second-order valence-electron chi connectivity index (χ2n) is 2.87. The topological polar surface area (TPSA) is 111 Å². The number of rotatable bonds is 4. The van der Waals surface area contributed by atoms with Crippen molar-refractivity contribution >= 4 is 43.9 Å². The van der Waals surface area contributed by atoms with Gasteiger partial charge in [-0.25, -0.2) is 18.2 Å². The van der Waals surface area contributed by atoms with Gasteiger partial charge >= 0.3 is 5.97 Å². The van der Waals surface area contributed by atoms with Crippen molar-refractivity contribution in [3.8, 4) is 0 Å². The Morgan fingerprint density at radius 3 is 2.89 bits per heavy atom. The first-order valence-electron chi connectivity index (χ1n) is 4.36. The molecule has 11 heteroatoms. The van der Waals surface area contributed by atoms with Gasteiger partial charge in [-0.2, -0.15) is 0 Å². The molecule has 2 rings (SSSR count). The molecule has 2 heterocycles. The van der Waals surface area contributed by atoms with Crippen LogP contribution in [0.15, 0.2) is 15.9 Å². The number of hydrogen-bond donors (Lipinski definition) is 1. The summed E-state index contributed by atoms with van der Waals surface area (Å²) >= 11 is 1.71. The lowest BCUT2D eigenvalue weighted by Crippen LogP contribution is -2.15. The summed E-state index contributed by atoms with van der Waals surface area (Å²) in [5.41, 5.74) is 1.01. The Labute approximate surface area is 110 Å². The van der Waals surface area contributed by atoms with Gasteiger partial charge in [-0.05, 0) is 0 Å². The van der Waals surface area contributed by atoms with Crippen LogP contribution in [-0.4, -0.2) is 36.1 Å². The summed E-state index contributed by atoms with van der Waals surface area (Å²) in [6, 6.07) is 0. The summed E-state index contributed by atoms with van der Waals surface area (Å²) in [7, 11) is -2.74. The van der Waals surface area contributed by atoms with Crippen molar-refractivity contribution in [2.75, 3.05) is 11.8 Å². The molecule has 0 unspecified atom stereocenters. The number of methoxy groups -OCH3 is 1. The number of nitrogens with one attached hydrogen (secondary N) is 1. The molecule has 0 spiro atoms. The largest absolute Gasteiger partial charge is 0.464 e. The van der Waals surface area contributed by atoms with Crippen LogP contribution in [0.1, 0.15) is 10.5 Å². The lowest BCUT2D eigenvalue weighted by atomic mass is 10.5. The first-order chi connectivity index (χ1) is 8.54. The zero-order chi connectivity index (χ0) is 13.2. The van der Waals surface area contributed by atoms with E-state index in [1.165, 1.54) is 11.7 Å². The quantitative estimate of drug-likeness (QED) is 0.822. The van der Waals surface area contributed by atoms with Crippen LogP contribution in [-0.2, 0) is 14.8 Å². The molecule has 0 amide bonds. The number of thiazole rings is 1. The molecule has 0 radical (unpaired) electrons. The van der Waals surface area contributed by atoms with E-state index in [1.807, 2.05) is 0 Å². The van der Waals surface area contributed by atoms with E-state index < -0.39 is 16.0 Å². The van der Waals surface area contributed by atoms with Crippen molar-refractivity contribution in [1.82, 2.24) is 14.6 Å². The standard InChI is InChI=1S/C7H6N4O4S3/c1-15-6(12)5-7(16-3-8-5)18(13,14)10-4-2-9-11-17-4/h2-3,10H,1H3. The summed E-state index contributed by atoms with van der Waals surface area (Å²) in [6.45, 7) is 0.